The summed E-state index contributed by atoms with van der Waals surface area (Å²) in [6, 6.07) is 10.4. The SMILES string of the molecule is CNC(C)C(=O)Nc1cnc(-c2ccc(F)cc2)n(CC(=O)NCc2ccc(F)cc2)c1=O. The van der Waals surface area contributed by atoms with Crippen LogP contribution in [-0.2, 0) is 22.7 Å². The number of carbonyl (C=O) groups is 2. The lowest BCUT2D eigenvalue weighted by atomic mass is 10.2. The first-order chi connectivity index (χ1) is 15.8. The predicted molar refractivity (Wildman–Crippen MR) is 119 cm³/mol. The minimum atomic E-state index is -0.641. The van der Waals surface area contributed by atoms with Gasteiger partial charge in [0.2, 0.25) is 11.8 Å². The summed E-state index contributed by atoms with van der Waals surface area (Å²) < 4.78 is 27.5. The van der Waals surface area contributed by atoms with E-state index < -0.39 is 41.6 Å². The molecule has 0 fully saturated rings. The lowest BCUT2D eigenvalue weighted by Crippen LogP contribution is -2.39. The summed E-state index contributed by atoms with van der Waals surface area (Å²) in [5.74, 6) is -1.67. The molecule has 172 valence electrons. The van der Waals surface area contributed by atoms with Gasteiger partial charge in [-0.05, 0) is 55.9 Å². The molecule has 0 bridgehead atoms. The Labute approximate surface area is 188 Å². The minimum Gasteiger partial charge on any atom is -0.350 e. The van der Waals surface area contributed by atoms with E-state index >= 15 is 0 Å². The number of nitrogens with one attached hydrogen (secondary N) is 3. The Kier molecular flexibility index (Phi) is 7.62. The van der Waals surface area contributed by atoms with Crippen LogP contribution in [0, 0.1) is 11.6 Å². The predicted octanol–water partition coefficient (Wildman–Crippen LogP) is 2.05. The highest BCUT2D eigenvalue weighted by atomic mass is 19.1. The molecule has 10 heteroatoms. The van der Waals surface area contributed by atoms with Gasteiger partial charge in [0.25, 0.3) is 5.56 Å². The first kappa shape index (κ1) is 23.7. The normalized spacial score (nSPS) is 11.6. The quantitative estimate of drug-likeness (QED) is 0.482. The molecule has 0 radical (unpaired) electrons. The molecular formula is C23H23F2N5O3. The van der Waals surface area contributed by atoms with Crippen molar-refractivity contribution in [2.75, 3.05) is 12.4 Å². The van der Waals surface area contributed by atoms with Gasteiger partial charge in [0.05, 0.1) is 12.2 Å². The third-order valence-corrected chi connectivity index (χ3v) is 4.94. The molecule has 8 nitrogen and oxygen atoms in total. The van der Waals surface area contributed by atoms with Crippen LogP contribution < -0.4 is 21.5 Å². The summed E-state index contributed by atoms with van der Waals surface area (Å²) in [6.45, 7) is 1.35. The van der Waals surface area contributed by atoms with Gasteiger partial charge in [0.15, 0.2) is 0 Å². The molecule has 0 aliphatic carbocycles. The highest BCUT2D eigenvalue weighted by Crippen LogP contribution is 2.17. The first-order valence-corrected chi connectivity index (χ1v) is 10.1. The van der Waals surface area contributed by atoms with Crippen LogP contribution in [0.3, 0.4) is 0 Å². The summed E-state index contributed by atoms with van der Waals surface area (Å²) in [5.41, 5.74) is 0.356. The van der Waals surface area contributed by atoms with Crippen molar-refractivity contribution in [2.45, 2.75) is 26.1 Å². The fourth-order valence-corrected chi connectivity index (χ4v) is 2.93. The van der Waals surface area contributed by atoms with Gasteiger partial charge in [-0.25, -0.2) is 13.8 Å². The van der Waals surface area contributed by atoms with Crippen molar-refractivity contribution in [3.63, 3.8) is 0 Å². The van der Waals surface area contributed by atoms with Gasteiger partial charge in [-0.3, -0.25) is 19.0 Å². The van der Waals surface area contributed by atoms with Gasteiger partial charge in [-0.1, -0.05) is 12.1 Å². The molecule has 0 saturated carbocycles. The van der Waals surface area contributed by atoms with E-state index in [2.05, 4.69) is 20.9 Å². The topological polar surface area (TPSA) is 105 Å². The van der Waals surface area contributed by atoms with E-state index in [0.29, 0.717) is 11.1 Å². The highest BCUT2D eigenvalue weighted by Gasteiger charge is 2.18. The maximum atomic E-state index is 13.4. The second-order valence-electron chi connectivity index (χ2n) is 7.30. The Morgan fingerprint density at radius 3 is 2.24 bits per heavy atom. The van der Waals surface area contributed by atoms with Crippen molar-refractivity contribution in [1.82, 2.24) is 20.2 Å². The number of halogens is 2. The zero-order valence-corrected chi connectivity index (χ0v) is 18.1. The molecule has 2 aromatic carbocycles. The van der Waals surface area contributed by atoms with Crippen LogP contribution >= 0.6 is 0 Å². The van der Waals surface area contributed by atoms with E-state index in [9.17, 15) is 23.2 Å². The van der Waals surface area contributed by atoms with Gasteiger partial charge < -0.3 is 16.0 Å². The third-order valence-electron chi connectivity index (χ3n) is 4.94. The summed E-state index contributed by atoms with van der Waals surface area (Å²) in [4.78, 5) is 42.2. The molecule has 2 amide bonds. The molecule has 0 spiro atoms. The number of rotatable bonds is 8. The van der Waals surface area contributed by atoms with E-state index in [1.54, 1.807) is 14.0 Å². The first-order valence-electron chi connectivity index (χ1n) is 10.1. The highest BCUT2D eigenvalue weighted by molar-refractivity contribution is 5.94. The Morgan fingerprint density at radius 2 is 1.64 bits per heavy atom. The Hall–Kier alpha value is -3.92. The van der Waals surface area contributed by atoms with Gasteiger partial charge in [-0.2, -0.15) is 0 Å². The molecular weight excluding hydrogens is 432 g/mol. The Bertz CT molecular complexity index is 1190. The summed E-state index contributed by atoms with van der Waals surface area (Å²) >= 11 is 0. The molecule has 1 unspecified atom stereocenters. The van der Waals surface area contributed by atoms with E-state index in [0.717, 1.165) is 4.57 Å². The van der Waals surface area contributed by atoms with E-state index in [-0.39, 0.29) is 18.1 Å². The van der Waals surface area contributed by atoms with Crippen molar-refractivity contribution in [3.05, 3.63) is 82.3 Å². The maximum Gasteiger partial charge on any atom is 0.278 e. The number of nitrogens with zero attached hydrogens (tertiary/aromatic N) is 2. The minimum absolute atomic E-state index is 0.0979. The zero-order valence-electron chi connectivity index (χ0n) is 18.1. The molecule has 0 aliphatic heterocycles. The smallest absolute Gasteiger partial charge is 0.278 e. The van der Waals surface area contributed by atoms with Crippen LogP contribution in [0.2, 0.25) is 0 Å². The van der Waals surface area contributed by atoms with Crippen LogP contribution in [-0.4, -0.2) is 34.5 Å². The Balaban J connectivity index is 1.89. The fraction of sp³-hybridized carbons (Fsp3) is 0.217. The van der Waals surface area contributed by atoms with Crippen molar-refractivity contribution >= 4 is 17.5 Å². The molecule has 1 heterocycles. The zero-order chi connectivity index (χ0) is 24.0. The Morgan fingerprint density at radius 1 is 1.03 bits per heavy atom. The van der Waals surface area contributed by atoms with Crippen LogP contribution in [0.5, 0.6) is 0 Å². The summed E-state index contributed by atoms with van der Waals surface area (Å²) in [6.07, 6.45) is 1.20. The number of anilines is 1. The largest absolute Gasteiger partial charge is 0.350 e. The second-order valence-corrected chi connectivity index (χ2v) is 7.30. The molecule has 3 rings (SSSR count). The standard InChI is InChI=1S/C23H23F2N5O3/c1-14(26-2)22(32)29-19-12-28-21(16-5-9-18(25)10-6-16)30(23(19)33)13-20(31)27-11-15-3-7-17(24)8-4-15/h3-10,12,14,26H,11,13H2,1-2H3,(H,27,31)(H,29,32). The third kappa shape index (κ3) is 6.07. The van der Waals surface area contributed by atoms with Crippen LogP contribution in [0.25, 0.3) is 11.4 Å². The van der Waals surface area contributed by atoms with Crippen LogP contribution in [0.1, 0.15) is 12.5 Å². The van der Waals surface area contributed by atoms with E-state index in [1.165, 1.54) is 54.7 Å². The van der Waals surface area contributed by atoms with Crippen molar-refractivity contribution < 1.29 is 18.4 Å². The monoisotopic (exact) mass is 455 g/mol. The number of amides is 2. The number of carbonyl (C=O) groups excluding carboxylic acids is 2. The second kappa shape index (κ2) is 10.6. The molecule has 0 aliphatic rings. The van der Waals surface area contributed by atoms with Crippen molar-refractivity contribution in [1.29, 1.82) is 0 Å². The lowest BCUT2D eigenvalue weighted by Gasteiger charge is -2.15. The molecule has 1 atom stereocenters. The molecule has 3 N–H and O–H groups in total. The molecule has 1 aromatic heterocycles. The number of hydrogen-bond acceptors (Lipinski definition) is 5. The van der Waals surface area contributed by atoms with Crippen molar-refractivity contribution in [3.8, 4) is 11.4 Å². The average molecular weight is 455 g/mol. The van der Waals surface area contributed by atoms with Gasteiger partial charge in [-0.15, -0.1) is 0 Å². The molecule has 0 saturated heterocycles. The van der Waals surface area contributed by atoms with E-state index in [4.69, 9.17) is 0 Å². The van der Waals surface area contributed by atoms with Crippen LogP contribution in [0.4, 0.5) is 14.5 Å². The molecule has 33 heavy (non-hydrogen) atoms. The molecule has 3 aromatic rings. The van der Waals surface area contributed by atoms with E-state index in [1.807, 2.05) is 0 Å². The van der Waals surface area contributed by atoms with Gasteiger partial charge in [0.1, 0.15) is 29.7 Å². The maximum absolute atomic E-state index is 13.4. The fourth-order valence-electron chi connectivity index (χ4n) is 2.93. The average Bonchev–Trinajstić information content (AvgIpc) is 2.81. The van der Waals surface area contributed by atoms with Crippen molar-refractivity contribution in [2.24, 2.45) is 0 Å². The summed E-state index contributed by atoms with van der Waals surface area (Å²) in [5, 5.41) is 7.93. The van der Waals surface area contributed by atoms with Gasteiger partial charge >= 0.3 is 0 Å². The number of likely N-dealkylation sites (N-methyl/N-ethyl adjacent to an activating group) is 1. The summed E-state index contributed by atoms with van der Waals surface area (Å²) in [7, 11) is 1.60. The number of hydrogen-bond donors (Lipinski definition) is 3. The van der Waals surface area contributed by atoms with Gasteiger partial charge in [0, 0.05) is 12.1 Å². The number of aromatic nitrogens is 2. The number of benzene rings is 2. The lowest BCUT2D eigenvalue weighted by molar-refractivity contribution is -0.121. The van der Waals surface area contributed by atoms with Crippen LogP contribution in [0.15, 0.2) is 59.5 Å².